The Bertz CT molecular complexity index is 1560. The number of aromatic nitrogens is 1. The number of nitrogens with zero attached hydrogens (tertiary/aromatic N) is 5. The zero-order valence-corrected chi connectivity index (χ0v) is 24.4. The number of likely N-dealkylation sites (N-methyl/N-ethyl adjacent to an activating group) is 1. The highest BCUT2D eigenvalue weighted by molar-refractivity contribution is 6.36. The lowest BCUT2D eigenvalue weighted by Crippen LogP contribution is -2.53. The van der Waals surface area contributed by atoms with Gasteiger partial charge in [0.2, 0.25) is 0 Å². The highest BCUT2D eigenvalue weighted by Crippen LogP contribution is 2.47. The van der Waals surface area contributed by atoms with Gasteiger partial charge in [-0.3, -0.25) is 4.79 Å². The van der Waals surface area contributed by atoms with E-state index >= 15 is 0 Å². The van der Waals surface area contributed by atoms with Crippen molar-refractivity contribution in [1.29, 1.82) is 5.26 Å². The first-order valence-electron chi connectivity index (χ1n) is 12.9. The summed E-state index contributed by atoms with van der Waals surface area (Å²) in [6, 6.07) is 16.5. The predicted octanol–water partition coefficient (Wildman–Crippen LogP) is 5.66. The Labute approximate surface area is 247 Å². The van der Waals surface area contributed by atoms with Gasteiger partial charge >= 0.3 is 12.0 Å². The Balaban J connectivity index is 1.55. The molecule has 3 heterocycles. The van der Waals surface area contributed by atoms with Crippen LogP contribution in [0.15, 0.2) is 60.8 Å². The number of rotatable bonds is 4. The normalized spacial score (nSPS) is 20.6. The second-order valence-corrected chi connectivity index (χ2v) is 12.0. The number of ether oxygens (including phenoxy) is 1. The molecule has 2 aromatic carbocycles. The van der Waals surface area contributed by atoms with E-state index in [-0.39, 0.29) is 12.2 Å². The second kappa shape index (κ2) is 10.4. The Morgan fingerprint density at radius 3 is 2.29 bits per heavy atom. The maximum atomic E-state index is 14.4. The van der Waals surface area contributed by atoms with E-state index in [9.17, 15) is 19.6 Å². The third-order valence-electron chi connectivity index (χ3n) is 7.32. The first-order valence-corrected chi connectivity index (χ1v) is 13.6. The van der Waals surface area contributed by atoms with Gasteiger partial charge < -0.3 is 14.5 Å². The number of hydrogen-bond acceptors (Lipinski definition) is 7. The monoisotopic (exact) mass is 591 g/mol. The summed E-state index contributed by atoms with van der Waals surface area (Å²) >= 11 is 12.4. The molecule has 2 unspecified atom stereocenters. The smallest absolute Gasteiger partial charge is 0.340 e. The fourth-order valence-corrected chi connectivity index (χ4v) is 5.93. The van der Waals surface area contributed by atoms with E-state index in [4.69, 9.17) is 27.9 Å². The minimum absolute atomic E-state index is 0.141. The Morgan fingerprint density at radius 1 is 1.07 bits per heavy atom. The van der Waals surface area contributed by atoms with Gasteiger partial charge in [-0.2, -0.15) is 5.26 Å². The third-order valence-corrected chi connectivity index (χ3v) is 7.75. The summed E-state index contributed by atoms with van der Waals surface area (Å²) < 4.78 is 5.44. The summed E-state index contributed by atoms with van der Waals surface area (Å²) in [5.41, 5.74) is -0.103. The van der Waals surface area contributed by atoms with Crippen molar-refractivity contribution in [3.05, 3.63) is 87.5 Å². The number of amides is 3. The van der Waals surface area contributed by atoms with Gasteiger partial charge in [0, 0.05) is 35.8 Å². The van der Waals surface area contributed by atoms with Crippen molar-refractivity contribution in [3.8, 4) is 6.07 Å². The van der Waals surface area contributed by atoms with Crippen molar-refractivity contribution in [2.45, 2.75) is 37.8 Å². The standard InChI is InChI=1S/C30H27Cl2N5O4/c1-29(2,3)41-26(38)20-9-10-25(34-15-20)36-16-24(19-7-5-18(14-33)6-8-19)30(17-36)27(39)37(28(40)35(30)4)23-12-21(31)11-22(32)13-23/h5-13,15,24H,16-17H2,1-4H3. The van der Waals surface area contributed by atoms with E-state index in [1.165, 1.54) is 29.3 Å². The Hall–Kier alpha value is -4.13. The number of imide groups is 1. The Kier molecular flexibility index (Phi) is 7.18. The van der Waals surface area contributed by atoms with E-state index in [1.54, 1.807) is 64.2 Å². The van der Waals surface area contributed by atoms with E-state index in [0.717, 1.165) is 10.5 Å². The number of halogens is 2. The average Bonchev–Trinajstić information content (AvgIpc) is 3.40. The molecular formula is C30H27Cl2N5O4. The molecule has 1 aromatic heterocycles. The molecule has 0 bridgehead atoms. The zero-order chi connectivity index (χ0) is 29.7. The van der Waals surface area contributed by atoms with Crippen LogP contribution in [0.4, 0.5) is 16.3 Å². The quantitative estimate of drug-likeness (QED) is 0.285. The minimum Gasteiger partial charge on any atom is -0.456 e. The molecule has 1 spiro atoms. The topological polar surface area (TPSA) is 107 Å². The number of carbonyl (C=O) groups is 3. The van der Waals surface area contributed by atoms with Crippen LogP contribution in [0.3, 0.4) is 0 Å². The molecule has 41 heavy (non-hydrogen) atoms. The van der Waals surface area contributed by atoms with Gasteiger partial charge in [0.1, 0.15) is 17.0 Å². The summed E-state index contributed by atoms with van der Waals surface area (Å²) in [6.45, 7) is 5.85. The van der Waals surface area contributed by atoms with Crippen molar-refractivity contribution in [2.75, 3.05) is 29.9 Å². The van der Waals surface area contributed by atoms with Crippen LogP contribution in [-0.4, -0.2) is 59.1 Å². The predicted molar refractivity (Wildman–Crippen MR) is 155 cm³/mol. The van der Waals surface area contributed by atoms with Crippen molar-refractivity contribution in [3.63, 3.8) is 0 Å². The molecule has 2 saturated heterocycles. The van der Waals surface area contributed by atoms with Crippen LogP contribution in [0.1, 0.15) is 48.2 Å². The van der Waals surface area contributed by atoms with Gasteiger partial charge in [-0.15, -0.1) is 0 Å². The lowest BCUT2D eigenvalue weighted by Gasteiger charge is -2.33. The first kappa shape index (κ1) is 28.4. The van der Waals surface area contributed by atoms with E-state index in [2.05, 4.69) is 11.1 Å². The van der Waals surface area contributed by atoms with E-state index in [0.29, 0.717) is 33.5 Å². The van der Waals surface area contributed by atoms with Crippen molar-refractivity contribution >= 4 is 52.6 Å². The SMILES string of the molecule is CN1C(=O)N(c2cc(Cl)cc(Cl)c2)C(=O)C12CN(c1ccc(C(=O)OC(C)(C)C)cn1)CC2c1ccc(C#N)cc1. The number of esters is 1. The molecule has 0 N–H and O–H groups in total. The van der Waals surface area contributed by atoms with Crippen LogP contribution in [0, 0.1) is 11.3 Å². The van der Waals surface area contributed by atoms with Gasteiger partial charge in [-0.25, -0.2) is 19.5 Å². The summed E-state index contributed by atoms with van der Waals surface area (Å²) in [5, 5.41) is 9.89. The molecule has 5 rings (SSSR count). The molecule has 3 aromatic rings. The van der Waals surface area contributed by atoms with Gasteiger partial charge in [0.05, 0.1) is 29.4 Å². The second-order valence-electron chi connectivity index (χ2n) is 11.1. The van der Waals surface area contributed by atoms with Crippen LogP contribution < -0.4 is 9.80 Å². The molecule has 2 atom stereocenters. The molecule has 210 valence electrons. The molecular weight excluding hydrogens is 565 g/mol. The fourth-order valence-electron chi connectivity index (χ4n) is 5.41. The maximum absolute atomic E-state index is 14.4. The molecule has 0 aliphatic carbocycles. The van der Waals surface area contributed by atoms with Gasteiger partial charge in [-0.05, 0) is 68.8 Å². The number of urea groups is 1. The summed E-state index contributed by atoms with van der Waals surface area (Å²) in [5.74, 6) is -0.850. The van der Waals surface area contributed by atoms with Crippen molar-refractivity contribution in [2.24, 2.45) is 0 Å². The number of hydrogen-bond donors (Lipinski definition) is 0. The summed E-state index contributed by atoms with van der Waals surface area (Å²) in [7, 11) is 1.60. The molecule has 11 heteroatoms. The highest BCUT2D eigenvalue weighted by Gasteiger charge is 2.64. The molecule has 9 nitrogen and oxygen atoms in total. The molecule has 0 saturated carbocycles. The van der Waals surface area contributed by atoms with Crippen LogP contribution in [-0.2, 0) is 9.53 Å². The number of nitriles is 1. The summed E-state index contributed by atoms with van der Waals surface area (Å²) in [6.07, 6.45) is 1.44. The van der Waals surface area contributed by atoms with Crippen molar-refractivity contribution in [1.82, 2.24) is 9.88 Å². The summed E-state index contributed by atoms with van der Waals surface area (Å²) in [4.78, 5) is 49.5. The fraction of sp³-hybridized carbons (Fsp3) is 0.300. The van der Waals surface area contributed by atoms with Crippen LogP contribution in [0.25, 0.3) is 0 Å². The number of pyridine rings is 1. The maximum Gasteiger partial charge on any atom is 0.340 e. The lowest BCUT2D eigenvalue weighted by molar-refractivity contribution is -0.124. The third kappa shape index (κ3) is 5.09. The van der Waals surface area contributed by atoms with Crippen LogP contribution in [0.5, 0.6) is 0 Å². The van der Waals surface area contributed by atoms with Gasteiger partial charge in [0.15, 0.2) is 0 Å². The minimum atomic E-state index is -1.30. The molecule has 2 aliphatic rings. The highest BCUT2D eigenvalue weighted by atomic mass is 35.5. The molecule has 0 radical (unpaired) electrons. The number of carbonyl (C=O) groups excluding carboxylic acids is 3. The van der Waals surface area contributed by atoms with Gasteiger partial charge in [-0.1, -0.05) is 35.3 Å². The number of anilines is 2. The molecule has 2 aliphatic heterocycles. The largest absolute Gasteiger partial charge is 0.456 e. The number of benzene rings is 2. The Morgan fingerprint density at radius 2 is 1.73 bits per heavy atom. The van der Waals surface area contributed by atoms with Gasteiger partial charge in [0.25, 0.3) is 5.91 Å². The van der Waals surface area contributed by atoms with E-state index < -0.39 is 35.0 Å². The molecule has 2 fully saturated rings. The lowest BCUT2D eigenvalue weighted by atomic mass is 9.80. The van der Waals surface area contributed by atoms with E-state index in [1.807, 2.05) is 4.90 Å². The zero-order valence-electron chi connectivity index (χ0n) is 22.9. The molecule has 3 amide bonds. The van der Waals surface area contributed by atoms with Crippen molar-refractivity contribution < 1.29 is 19.1 Å². The van der Waals surface area contributed by atoms with Crippen LogP contribution in [0.2, 0.25) is 10.0 Å². The van der Waals surface area contributed by atoms with Crippen LogP contribution >= 0.6 is 23.2 Å². The average molecular weight is 592 g/mol. The first-order chi connectivity index (χ1) is 19.3.